The van der Waals surface area contributed by atoms with Crippen LogP contribution in [-0.2, 0) is 17.1 Å². The average molecular weight is 362 g/mol. The number of anilines is 1. The van der Waals surface area contributed by atoms with Gasteiger partial charge in [-0.1, -0.05) is 0 Å². The first-order valence-corrected chi connectivity index (χ1v) is 7.97. The minimum absolute atomic E-state index is 0.0719. The van der Waals surface area contributed by atoms with Crippen molar-refractivity contribution in [1.82, 2.24) is 9.55 Å². The van der Waals surface area contributed by atoms with Gasteiger partial charge in [-0.15, -0.1) is 0 Å². The van der Waals surface area contributed by atoms with Crippen molar-refractivity contribution in [3.8, 4) is 0 Å². The number of sulfonamides is 1. The van der Waals surface area contributed by atoms with Crippen LogP contribution in [0.4, 0.5) is 10.1 Å². The van der Waals surface area contributed by atoms with Crippen LogP contribution in [0.3, 0.4) is 0 Å². The lowest BCUT2D eigenvalue weighted by molar-refractivity contribution is 0.597. The second kappa shape index (κ2) is 5.17. The Labute approximate surface area is 125 Å². The zero-order valence-corrected chi connectivity index (χ0v) is 13.5. The average Bonchev–Trinajstić information content (AvgIpc) is 2.67. The van der Waals surface area contributed by atoms with E-state index in [2.05, 4.69) is 25.6 Å². The molecule has 1 heterocycles. The van der Waals surface area contributed by atoms with E-state index in [9.17, 15) is 12.8 Å². The molecule has 0 unspecified atom stereocenters. The standard InChI is InChI=1S/C12H13BrFN3O2S/c1-7-4-10(14)9(13)5-11(7)16-20(18,19)12-6-17(3)8(2)15-12/h4-6,16H,1-3H3. The highest BCUT2D eigenvalue weighted by Crippen LogP contribution is 2.26. The van der Waals surface area contributed by atoms with Crippen LogP contribution in [-0.4, -0.2) is 18.0 Å². The summed E-state index contributed by atoms with van der Waals surface area (Å²) in [5.41, 5.74) is 0.795. The van der Waals surface area contributed by atoms with Gasteiger partial charge in [-0.25, -0.2) is 9.37 Å². The van der Waals surface area contributed by atoms with Crippen LogP contribution in [0, 0.1) is 19.7 Å². The molecule has 0 spiro atoms. The van der Waals surface area contributed by atoms with Gasteiger partial charge >= 0.3 is 0 Å². The lowest BCUT2D eigenvalue weighted by Gasteiger charge is -2.10. The van der Waals surface area contributed by atoms with Crippen molar-refractivity contribution in [3.63, 3.8) is 0 Å². The summed E-state index contributed by atoms with van der Waals surface area (Å²) in [6, 6.07) is 2.64. The molecule has 0 bridgehead atoms. The Hall–Kier alpha value is -1.41. The lowest BCUT2D eigenvalue weighted by Crippen LogP contribution is -2.14. The van der Waals surface area contributed by atoms with E-state index in [1.165, 1.54) is 18.3 Å². The summed E-state index contributed by atoms with van der Waals surface area (Å²) in [4.78, 5) is 3.97. The predicted octanol–water partition coefficient (Wildman–Crippen LogP) is 2.74. The second-order valence-corrected chi connectivity index (χ2v) is 6.91. The Balaban J connectivity index is 2.40. The molecule has 0 atom stereocenters. The Morgan fingerprint density at radius 2 is 2.00 bits per heavy atom. The van der Waals surface area contributed by atoms with E-state index in [4.69, 9.17) is 0 Å². The smallest absolute Gasteiger partial charge is 0.280 e. The summed E-state index contributed by atoms with van der Waals surface area (Å²) in [5.74, 6) is 0.140. The van der Waals surface area contributed by atoms with Gasteiger partial charge in [0.1, 0.15) is 11.6 Å². The fourth-order valence-corrected chi connectivity index (χ4v) is 3.12. The quantitative estimate of drug-likeness (QED) is 0.913. The fraction of sp³-hybridized carbons (Fsp3) is 0.250. The topological polar surface area (TPSA) is 64.0 Å². The van der Waals surface area contributed by atoms with E-state index in [-0.39, 0.29) is 9.50 Å². The molecule has 108 valence electrons. The van der Waals surface area contributed by atoms with Crippen LogP contribution >= 0.6 is 15.9 Å². The van der Waals surface area contributed by atoms with Crippen molar-refractivity contribution in [2.75, 3.05) is 4.72 Å². The minimum atomic E-state index is -3.79. The second-order valence-electron chi connectivity index (χ2n) is 4.42. The van der Waals surface area contributed by atoms with E-state index in [1.807, 2.05) is 0 Å². The lowest BCUT2D eigenvalue weighted by atomic mass is 10.2. The molecule has 0 fully saturated rings. The molecule has 0 aliphatic carbocycles. The van der Waals surface area contributed by atoms with Crippen LogP contribution < -0.4 is 4.72 Å². The van der Waals surface area contributed by atoms with Gasteiger partial charge in [-0.3, -0.25) is 4.72 Å². The number of halogens is 2. The highest BCUT2D eigenvalue weighted by Gasteiger charge is 2.20. The highest BCUT2D eigenvalue weighted by molar-refractivity contribution is 9.10. The number of aromatic nitrogens is 2. The number of imidazole rings is 1. The first-order valence-electron chi connectivity index (χ1n) is 5.69. The number of benzene rings is 1. The molecule has 0 saturated heterocycles. The van der Waals surface area contributed by atoms with Crippen molar-refractivity contribution in [2.24, 2.45) is 7.05 Å². The molecule has 20 heavy (non-hydrogen) atoms. The molecule has 0 radical (unpaired) electrons. The summed E-state index contributed by atoms with van der Waals surface area (Å²) in [5, 5.41) is -0.0719. The molecule has 1 N–H and O–H groups in total. The zero-order valence-electron chi connectivity index (χ0n) is 11.1. The number of hydrogen-bond acceptors (Lipinski definition) is 3. The summed E-state index contributed by atoms with van der Waals surface area (Å²) in [7, 11) is -2.08. The Kier molecular flexibility index (Phi) is 3.88. The summed E-state index contributed by atoms with van der Waals surface area (Å²) in [6.07, 6.45) is 1.42. The van der Waals surface area contributed by atoms with E-state index in [1.54, 1.807) is 25.5 Å². The van der Waals surface area contributed by atoms with Crippen molar-refractivity contribution in [2.45, 2.75) is 18.9 Å². The highest BCUT2D eigenvalue weighted by atomic mass is 79.9. The van der Waals surface area contributed by atoms with Gasteiger partial charge in [0, 0.05) is 13.2 Å². The molecule has 5 nitrogen and oxygen atoms in total. The van der Waals surface area contributed by atoms with Crippen molar-refractivity contribution in [1.29, 1.82) is 0 Å². The van der Waals surface area contributed by atoms with Gasteiger partial charge in [0.2, 0.25) is 0 Å². The Bertz CT molecular complexity index is 752. The summed E-state index contributed by atoms with van der Waals surface area (Å²) in [6.45, 7) is 3.33. The third kappa shape index (κ3) is 2.85. The third-order valence-electron chi connectivity index (χ3n) is 2.87. The van der Waals surface area contributed by atoms with Gasteiger partial charge in [0.15, 0.2) is 5.03 Å². The van der Waals surface area contributed by atoms with E-state index >= 15 is 0 Å². The van der Waals surface area contributed by atoms with Crippen molar-refractivity contribution < 1.29 is 12.8 Å². The van der Waals surface area contributed by atoms with Gasteiger partial charge in [0.05, 0.1) is 10.2 Å². The van der Waals surface area contributed by atoms with Gasteiger partial charge in [-0.05, 0) is 47.5 Å². The molecule has 8 heteroatoms. The van der Waals surface area contributed by atoms with E-state index in [0.717, 1.165) is 0 Å². The molecular formula is C12H13BrFN3O2S. The maximum absolute atomic E-state index is 13.3. The van der Waals surface area contributed by atoms with E-state index < -0.39 is 15.8 Å². The summed E-state index contributed by atoms with van der Waals surface area (Å²) < 4.78 is 42.0. The maximum Gasteiger partial charge on any atom is 0.280 e. The van der Waals surface area contributed by atoms with Crippen LogP contribution in [0.25, 0.3) is 0 Å². The van der Waals surface area contributed by atoms with Crippen molar-refractivity contribution in [3.05, 3.63) is 40.0 Å². The molecule has 1 aromatic carbocycles. The van der Waals surface area contributed by atoms with Gasteiger partial charge < -0.3 is 4.57 Å². The molecule has 0 aliphatic rings. The van der Waals surface area contributed by atoms with Crippen molar-refractivity contribution >= 4 is 31.6 Å². The molecule has 0 amide bonds. The SMILES string of the molecule is Cc1cc(F)c(Br)cc1NS(=O)(=O)c1cn(C)c(C)n1. The molecule has 1 aromatic heterocycles. The normalized spacial score (nSPS) is 11.7. The number of nitrogens with zero attached hydrogens (tertiary/aromatic N) is 2. The Morgan fingerprint density at radius 3 is 2.55 bits per heavy atom. The number of hydrogen-bond donors (Lipinski definition) is 1. The maximum atomic E-state index is 13.3. The molecule has 2 aromatic rings. The molecule has 0 aliphatic heterocycles. The molecule has 2 rings (SSSR count). The van der Waals surface area contributed by atoms with Crippen LogP contribution in [0.1, 0.15) is 11.4 Å². The predicted molar refractivity (Wildman–Crippen MR) is 77.6 cm³/mol. The fourth-order valence-electron chi connectivity index (χ4n) is 1.61. The van der Waals surface area contributed by atoms with Crippen LogP contribution in [0.15, 0.2) is 27.8 Å². The first-order chi connectivity index (χ1) is 9.20. The monoisotopic (exact) mass is 361 g/mol. The Morgan fingerprint density at radius 1 is 1.35 bits per heavy atom. The molecular weight excluding hydrogens is 349 g/mol. The van der Waals surface area contributed by atoms with E-state index in [0.29, 0.717) is 17.1 Å². The first kappa shape index (κ1) is 15.0. The minimum Gasteiger partial charge on any atom is -0.337 e. The van der Waals surface area contributed by atoms with Crippen LogP contribution in [0.2, 0.25) is 0 Å². The van der Waals surface area contributed by atoms with Gasteiger partial charge in [0.25, 0.3) is 10.0 Å². The number of rotatable bonds is 3. The van der Waals surface area contributed by atoms with Gasteiger partial charge in [-0.2, -0.15) is 8.42 Å². The zero-order chi connectivity index (χ0) is 15.1. The number of nitrogens with one attached hydrogen (secondary N) is 1. The third-order valence-corrected chi connectivity index (χ3v) is 4.72. The largest absolute Gasteiger partial charge is 0.337 e. The summed E-state index contributed by atoms with van der Waals surface area (Å²) >= 11 is 3.03. The van der Waals surface area contributed by atoms with Crippen LogP contribution in [0.5, 0.6) is 0 Å². The number of aryl methyl sites for hydroxylation is 3. The molecule has 0 saturated carbocycles.